The fraction of sp³-hybridized carbons (Fsp3) is 0.625. The van der Waals surface area contributed by atoms with Crippen molar-refractivity contribution in [1.82, 2.24) is 5.16 Å². The standard InChI is InChI=1S/C8H13NO2/c1-3-4-5-10-8-6-7(2)11-9-8/h6H,3-5H2,1-2H3. The van der Waals surface area contributed by atoms with E-state index in [-0.39, 0.29) is 0 Å². The molecule has 0 aliphatic rings. The molecule has 0 unspecified atom stereocenters. The number of nitrogens with zero attached hydrogens (tertiary/aromatic N) is 1. The van der Waals surface area contributed by atoms with Crippen LogP contribution in [0.4, 0.5) is 0 Å². The Hall–Kier alpha value is -0.990. The Morgan fingerprint density at radius 2 is 2.45 bits per heavy atom. The van der Waals surface area contributed by atoms with Crippen molar-refractivity contribution in [2.75, 3.05) is 6.61 Å². The molecule has 1 heterocycles. The smallest absolute Gasteiger partial charge is 0.254 e. The van der Waals surface area contributed by atoms with Gasteiger partial charge in [-0.15, -0.1) is 0 Å². The predicted octanol–water partition coefficient (Wildman–Crippen LogP) is 2.16. The molecule has 0 N–H and O–H groups in total. The molecular formula is C8H13NO2. The molecule has 1 aromatic rings. The van der Waals surface area contributed by atoms with E-state index in [1.165, 1.54) is 0 Å². The third kappa shape index (κ3) is 2.62. The molecule has 0 fully saturated rings. The molecule has 0 saturated heterocycles. The Kier molecular flexibility index (Phi) is 2.95. The number of hydrogen-bond donors (Lipinski definition) is 0. The summed E-state index contributed by atoms with van der Waals surface area (Å²) in [6.45, 7) is 4.69. The number of ether oxygens (including phenoxy) is 1. The van der Waals surface area contributed by atoms with E-state index in [0.717, 1.165) is 25.2 Å². The fourth-order valence-electron chi connectivity index (χ4n) is 0.733. The van der Waals surface area contributed by atoms with Crippen LogP contribution in [0.25, 0.3) is 0 Å². The van der Waals surface area contributed by atoms with Gasteiger partial charge in [-0.3, -0.25) is 0 Å². The van der Waals surface area contributed by atoms with Crippen LogP contribution in [-0.4, -0.2) is 11.8 Å². The van der Waals surface area contributed by atoms with Gasteiger partial charge in [0.1, 0.15) is 5.76 Å². The van der Waals surface area contributed by atoms with E-state index in [9.17, 15) is 0 Å². The summed E-state index contributed by atoms with van der Waals surface area (Å²) in [7, 11) is 0. The van der Waals surface area contributed by atoms with Gasteiger partial charge in [-0.2, -0.15) is 0 Å². The molecule has 0 atom stereocenters. The highest BCUT2D eigenvalue weighted by Gasteiger charge is 1.98. The van der Waals surface area contributed by atoms with Gasteiger partial charge in [-0.25, -0.2) is 0 Å². The van der Waals surface area contributed by atoms with Gasteiger partial charge >= 0.3 is 0 Å². The molecule has 0 spiro atoms. The van der Waals surface area contributed by atoms with E-state index < -0.39 is 0 Å². The minimum atomic E-state index is 0.593. The van der Waals surface area contributed by atoms with Crippen molar-refractivity contribution in [1.29, 1.82) is 0 Å². The lowest BCUT2D eigenvalue weighted by Gasteiger charge is -1.97. The second-order valence-electron chi connectivity index (χ2n) is 2.48. The van der Waals surface area contributed by atoms with Crippen LogP contribution < -0.4 is 4.74 Å². The number of rotatable bonds is 4. The maximum Gasteiger partial charge on any atom is 0.254 e. The van der Waals surface area contributed by atoms with Gasteiger partial charge in [0.05, 0.1) is 6.61 Å². The van der Waals surface area contributed by atoms with Crippen LogP contribution in [0.15, 0.2) is 10.6 Å². The zero-order chi connectivity index (χ0) is 8.10. The lowest BCUT2D eigenvalue weighted by Crippen LogP contribution is -1.95. The molecular weight excluding hydrogens is 142 g/mol. The molecule has 62 valence electrons. The molecule has 0 radical (unpaired) electrons. The van der Waals surface area contributed by atoms with Gasteiger partial charge in [-0.05, 0) is 18.5 Å². The normalized spacial score (nSPS) is 10.0. The van der Waals surface area contributed by atoms with Crippen LogP contribution >= 0.6 is 0 Å². The third-order valence-electron chi connectivity index (χ3n) is 1.35. The van der Waals surface area contributed by atoms with Crippen LogP contribution in [0.3, 0.4) is 0 Å². The number of hydrogen-bond acceptors (Lipinski definition) is 3. The van der Waals surface area contributed by atoms with Gasteiger partial charge < -0.3 is 9.26 Å². The molecule has 0 saturated carbocycles. The maximum atomic E-state index is 5.26. The fourth-order valence-corrected chi connectivity index (χ4v) is 0.733. The van der Waals surface area contributed by atoms with E-state index in [1.807, 2.05) is 6.92 Å². The summed E-state index contributed by atoms with van der Waals surface area (Å²) in [6.07, 6.45) is 2.20. The second kappa shape index (κ2) is 4.01. The first kappa shape index (κ1) is 8.11. The van der Waals surface area contributed by atoms with E-state index in [4.69, 9.17) is 9.26 Å². The summed E-state index contributed by atoms with van der Waals surface area (Å²) in [6, 6.07) is 1.79. The van der Waals surface area contributed by atoms with Crippen LogP contribution in [0.1, 0.15) is 25.5 Å². The second-order valence-corrected chi connectivity index (χ2v) is 2.48. The average Bonchev–Trinajstić information content (AvgIpc) is 2.37. The molecule has 11 heavy (non-hydrogen) atoms. The highest BCUT2D eigenvalue weighted by Crippen LogP contribution is 2.09. The largest absolute Gasteiger partial charge is 0.476 e. The van der Waals surface area contributed by atoms with Crippen LogP contribution in [0.2, 0.25) is 0 Å². The molecule has 1 aromatic heterocycles. The molecule has 3 nitrogen and oxygen atoms in total. The Balaban J connectivity index is 2.27. The van der Waals surface area contributed by atoms with Crippen LogP contribution in [-0.2, 0) is 0 Å². The first-order valence-electron chi connectivity index (χ1n) is 3.89. The predicted molar refractivity (Wildman–Crippen MR) is 41.6 cm³/mol. The summed E-state index contributed by atoms with van der Waals surface area (Å²) >= 11 is 0. The van der Waals surface area contributed by atoms with E-state index in [2.05, 4.69) is 12.1 Å². The molecule has 3 heteroatoms. The van der Waals surface area contributed by atoms with Gasteiger partial charge in [0, 0.05) is 6.07 Å². The first-order valence-corrected chi connectivity index (χ1v) is 3.89. The molecule has 0 aliphatic carbocycles. The molecule has 0 amide bonds. The monoisotopic (exact) mass is 155 g/mol. The Labute approximate surface area is 66.3 Å². The number of aromatic nitrogens is 1. The van der Waals surface area contributed by atoms with Gasteiger partial charge in [-0.1, -0.05) is 13.3 Å². The van der Waals surface area contributed by atoms with Gasteiger partial charge in [0.2, 0.25) is 0 Å². The zero-order valence-corrected chi connectivity index (χ0v) is 6.96. The lowest BCUT2D eigenvalue weighted by molar-refractivity contribution is 0.271. The highest BCUT2D eigenvalue weighted by molar-refractivity contribution is 5.09. The van der Waals surface area contributed by atoms with Crippen molar-refractivity contribution in [2.24, 2.45) is 0 Å². The van der Waals surface area contributed by atoms with Crippen molar-refractivity contribution < 1.29 is 9.26 Å². The molecule has 0 bridgehead atoms. The number of aryl methyl sites for hydroxylation is 1. The van der Waals surface area contributed by atoms with Crippen molar-refractivity contribution in [3.8, 4) is 5.88 Å². The Morgan fingerprint density at radius 3 is 3.00 bits per heavy atom. The Bertz CT molecular complexity index is 208. The SMILES string of the molecule is CCCCOc1cc(C)on1. The topological polar surface area (TPSA) is 35.3 Å². The maximum absolute atomic E-state index is 5.26. The first-order chi connectivity index (χ1) is 5.33. The van der Waals surface area contributed by atoms with E-state index in [1.54, 1.807) is 6.07 Å². The number of unbranched alkanes of at least 4 members (excludes halogenated alkanes) is 1. The van der Waals surface area contributed by atoms with Crippen molar-refractivity contribution in [3.05, 3.63) is 11.8 Å². The van der Waals surface area contributed by atoms with Gasteiger partial charge in [0.15, 0.2) is 0 Å². The van der Waals surface area contributed by atoms with Gasteiger partial charge in [0.25, 0.3) is 5.88 Å². The summed E-state index contributed by atoms with van der Waals surface area (Å²) in [4.78, 5) is 0. The summed E-state index contributed by atoms with van der Waals surface area (Å²) in [5, 5.41) is 3.69. The minimum absolute atomic E-state index is 0.593. The summed E-state index contributed by atoms with van der Waals surface area (Å²) in [5.74, 6) is 1.38. The summed E-state index contributed by atoms with van der Waals surface area (Å²) in [5.41, 5.74) is 0. The average molecular weight is 155 g/mol. The van der Waals surface area contributed by atoms with Crippen LogP contribution in [0, 0.1) is 6.92 Å². The Morgan fingerprint density at radius 1 is 1.64 bits per heavy atom. The highest BCUT2D eigenvalue weighted by atomic mass is 16.5. The lowest BCUT2D eigenvalue weighted by atomic mass is 10.4. The van der Waals surface area contributed by atoms with Crippen molar-refractivity contribution in [3.63, 3.8) is 0 Å². The third-order valence-corrected chi connectivity index (χ3v) is 1.35. The van der Waals surface area contributed by atoms with Crippen LogP contribution in [0.5, 0.6) is 5.88 Å². The minimum Gasteiger partial charge on any atom is -0.476 e. The van der Waals surface area contributed by atoms with E-state index in [0.29, 0.717) is 5.88 Å². The molecule has 0 aliphatic heterocycles. The quantitative estimate of drug-likeness (QED) is 0.625. The van der Waals surface area contributed by atoms with Crippen molar-refractivity contribution in [2.45, 2.75) is 26.7 Å². The summed E-state index contributed by atoms with van der Waals surface area (Å²) < 4.78 is 10.1. The van der Waals surface area contributed by atoms with E-state index >= 15 is 0 Å². The molecule has 1 rings (SSSR count). The van der Waals surface area contributed by atoms with Crippen molar-refractivity contribution >= 4 is 0 Å². The molecule has 0 aromatic carbocycles. The zero-order valence-electron chi connectivity index (χ0n) is 6.96.